The second-order valence-corrected chi connectivity index (χ2v) is 7.20. The van der Waals surface area contributed by atoms with Gasteiger partial charge in [0.1, 0.15) is 0 Å². The lowest BCUT2D eigenvalue weighted by atomic mass is 9.97. The second-order valence-electron chi connectivity index (χ2n) is 6.06. The number of carboxylic acid groups (broad SMARTS) is 1. The van der Waals surface area contributed by atoms with Gasteiger partial charge in [0, 0.05) is 23.6 Å². The van der Waals surface area contributed by atoms with Gasteiger partial charge in [-0.3, -0.25) is 9.59 Å². The molecule has 0 saturated carbocycles. The zero-order valence-electron chi connectivity index (χ0n) is 14.5. The molecular weight excluding hydrogens is 342 g/mol. The number of carbonyl (C=O) groups excluding carboxylic acids is 2. The van der Waals surface area contributed by atoms with E-state index in [0.29, 0.717) is 17.9 Å². The molecule has 0 saturated heterocycles. The van der Waals surface area contributed by atoms with Crippen LogP contribution in [0.2, 0.25) is 0 Å². The standard InChI is InChI=1S/C17H25N3O4S/c1-11(2)9-12(16(22)23)10-19-17(24)20-13-5-3-4-6-14(13)25-8-7-15(18)21/h3-6,11-12H,7-10H2,1-2H3,(H2,18,21)(H,22,23)(H2,19,20,24). The number of nitrogens with one attached hydrogen (secondary N) is 2. The van der Waals surface area contributed by atoms with Crippen LogP contribution in [0.15, 0.2) is 29.2 Å². The molecule has 1 unspecified atom stereocenters. The van der Waals surface area contributed by atoms with Crippen molar-refractivity contribution < 1.29 is 19.5 Å². The van der Waals surface area contributed by atoms with Crippen molar-refractivity contribution in [2.45, 2.75) is 31.6 Å². The highest BCUT2D eigenvalue weighted by Crippen LogP contribution is 2.27. The zero-order valence-corrected chi connectivity index (χ0v) is 15.3. The van der Waals surface area contributed by atoms with Crippen molar-refractivity contribution in [3.63, 3.8) is 0 Å². The van der Waals surface area contributed by atoms with Gasteiger partial charge in [0.2, 0.25) is 5.91 Å². The molecule has 0 heterocycles. The first-order valence-corrected chi connectivity index (χ1v) is 9.06. The Morgan fingerprint density at radius 3 is 2.52 bits per heavy atom. The number of aliphatic carboxylic acids is 1. The molecule has 1 aromatic rings. The summed E-state index contributed by atoms with van der Waals surface area (Å²) in [6.45, 7) is 3.95. The van der Waals surface area contributed by atoms with Gasteiger partial charge in [-0.2, -0.15) is 0 Å². The molecule has 0 spiro atoms. The van der Waals surface area contributed by atoms with E-state index in [1.54, 1.807) is 12.1 Å². The third-order valence-electron chi connectivity index (χ3n) is 3.36. The number of carbonyl (C=O) groups is 3. The van der Waals surface area contributed by atoms with Gasteiger partial charge in [-0.25, -0.2) is 4.79 Å². The monoisotopic (exact) mass is 367 g/mol. The Morgan fingerprint density at radius 1 is 1.24 bits per heavy atom. The highest BCUT2D eigenvalue weighted by molar-refractivity contribution is 7.99. The molecule has 1 atom stereocenters. The Bertz CT molecular complexity index is 607. The zero-order chi connectivity index (χ0) is 18.8. The van der Waals surface area contributed by atoms with Gasteiger partial charge >= 0.3 is 12.0 Å². The van der Waals surface area contributed by atoms with Gasteiger partial charge in [-0.05, 0) is 24.5 Å². The smallest absolute Gasteiger partial charge is 0.319 e. The molecular formula is C17H25N3O4S. The van der Waals surface area contributed by atoms with E-state index in [9.17, 15) is 19.5 Å². The largest absolute Gasteiger partial charge is 0.481 e. The van der Waals surface area contributed by atoms with Gasteiger partial charge in [-0.1, -0.05) is 26.0 Å². The van der Waals surface area contributed by atoms with Crippen molar-refractivity contribution in [3.05, 3.63) is 24.3 Å². The molecule has 0 radical (unpaired) electrons. The summed E-state index contributed by atoms with van der Waals surface area (Å²) in [6.07, 6.45) is 0.746. The highest BCUT2D eigenvalue weighted by Gasteiger charge is 2.19. The van der Waals surface area contributed by atoms with Crippen molar-refractivity contribution in [1.29, 1.82) is 0 Å². The summed E-state index contributed by atoms with van der Waals surface area (Å²) >= 11 is 1.42. The minimum Gasteiger partial charge on any atom is -0.481 e. The number of para-hydroxylation sites is 1. The first-order valence-electron chi connectivity index (χ1n) is 8.07. The highest BCUT2D eigenvalue weighted by atomic mass is 32.2. The number of primary amides is 1. The number of thioether (sulfide) groups is 1. The lowest BCUT2D eigenvalue weighted by Gasteiger charge is -2.16. The van der Waals surface area contributed by atoms with Gasteiger partial charge in [0.15, 0.2) is 0 Å². The first kappa shape index (κ1) is 20.8. The average molecular weight is 367 g/mol. The summed E-state index contributed by atoms with van der Waals surface area (Å²) in [6, 6.07) is 6.73. The van der Waals surface area contributed by atoms with Crippen molar-refractivity contribution in [3.8, 4) is 0 Å². The van der Waals surface area contributed by atoms with Crippen LogP contribution in [0.25, 0.3) is 0 Å². The molecule has 138 valence electrons. The maximum atomic E-state index is 12.1. The van der Waals surface area contributed by atoms with Crippen molar-refractivity contribution in [1.82, 2.24) is 5.32 Å². The normalized spacial score (nSPS) is 11.8. The van der Waals surface area contributed by atoms with E-state index in [1.165, 1.54) is 11.8 Å². The molecule has 1 aromatic carbocycles. The molecule has 8 heteroatoms. The number of amides is 3. The van der Waals surface area contributed by atoms with Crippen LogP contribution in [0.4, 0.5) is 10.5 Å². The SMILES string of the molecule is CC(C)CC(CNC(=O)Nc1ccccc1SCCC(N)=O)C(=O)O. The number of benzene rings is 1. The number of urea groups is 1. The van der Waals surface area contributed by atoms with E-state index < -0.39 is 17.9 Å². The minimum absolute atomic E-state index is 0.0658. The Hall–Kier alpha value is -2.22. The van der Waals surface area contributed by atoms with Gasteiger partial charge in [0.05, 0.1) is 11.6 Å². The molecule has 3 amide bonds. The Labute approximate surface area is 151 Å². The Balaban J connectivity index is 2.58. The van der Waals surface area contributed by atoms with Crippen LogP contribution in [0.5, 0.6) is 0 Å². The maximum Gasteiger partial charge on any atom is 0.319 e. The lowest BCUT2D eigenvalue weighted by molar-refractivity contribution is -0.142. The number of anilines is 1. The summed E-state index contributed by atoms with van der Waals surface area (Å²) < 4.78 is 0. The molecule has 0 fully saturated rings. The van der Waals surface area contributed by atoms with Gasteiger partial charge < -0.3 is 21.5 Å². The fraction of sp³-hybridized carbons (Fsp3) is 0.471. The molecule has 25 heavy (non-hydrogen) atoms. The number of rotatable bonds is 10. The van der Waals surface area contributed by atoms with Crippen LogP contribution < -0.4 is 16.4 Å². The fourth-order valence-electron chi connectivity index (χ4n) is 2.18. The summed E-state index contributed by atoms with van der Waals surface area (Å²) in [5.41, 5.74) is 5.72. The number of nitrogens with two attached hydrogens (primary N) is 1. The maximum absolute atomic E-state index is 12.1. The van der Waals surface area contributed by atoms with Crippen LogP contribution >= 0.6 is 11.8 Å². The van der Waals surface area contributed by atoms with E-state index in [-0.39, 0.29) is 24.8 Å². The van der Waals surface area contributed by atoms with Gasteiger partial charge in [0.25, 0.3) is 0 Å². The van der Waals surface area contributed by atoms with Crippen molar-refractivity contribution in [2.75, 3.05) is 17.6 Å². The van der Waals surface area contributed by atoms with E-state index in [4.69, 9.17) is 5.73 Å². The van der Waals surface area contributed by atoms with E-state index in [2.05, 4.69) is 10.6 Å². The van der Waals surface area contributed by atoms with Crippen LogP contribution in [-0.4, -0.2) is 35.3 Å². The quantitative estimate of drug-likeness (QED) is 0.473. The summed E-state index contributed by atoms with van der Waals surface area (Å²) in [5.74, 6) is -1.17. The van der Waals surface area contributed by atoms with E-state index >= 15 is 0 Å². The molecule has 0 aliphatic heterocycles. The topological polar surface area (TPSA) is 122 Å². The molecule has 0 aromatic heterocycles. The second kappa shape index (κ2) is 10.6. The van der Waals surface area contributed by atoms with Crippen LogP contribution in [0, 0.1) is 11.8 Å². The summed E-state index contributed by atoms with van der Waals surface area (Å²) in [4.78, 5) is 34.9. The summed E-state index contributed by atoms with van der Waals surface area (Å²) in [7, 11) is 0. The molecule has 7 nitrogen and oxygen atoms in total. The lowest BCUT2D eigenvalue weighted by Crippen LogP contribution is -2.36. The van der Waals surface area contributed by atoms with E-state index in [0.717, 1.165) is 4.90 Å². The van der Waals surface area contributed by atoms with Crippen LogP contribution in [0.1, 0.15) is 26.7 Å². The third kappa shape index (κ3) is 8.44. The predicted octanol–water partition coefficient (Wildman–Crippen LogP) is 2.52. The Morgan fingerprint density at radius 2 is 1.92 bits per heavy atom. The fourth-order valence-corrected chi connectivity index (χ4v) is 3.15. The third-order valence-corrected chi connectivity index (χ3v) is 4.43. The van der Waals surface area contributed by atoms with Crippen molar-refractivity contribution >= 4 is 35.4 Å². The summed E-state index contributed by atoms with van der Waals surface area (Å²) in [5, 5.41) is 14.5. The van der Waals surface area contributed by atoms with Crippen molar-refractivity contribution in [2.24, 2.45) is 17.6 Å². The van der Waals surface area contributed by atoms with E-state index in [1.807, 2.05) is 26.0 Å². The number of hydrogen-bond acceptors (Lipinski definition) is 4. The van der Waals surface area contributed by atoms with Crippen LogP contribution in [-0.2, 0) is 9.59 Å². The number of carboxylic acids is 1. The minimum atomic E-state index is -0.920. The average Bonchev–Trinajstić information content (AvgIpc) is 2.52. The number of hydrogen-bond donors (Lipinski definition) is 4. The molecule has 0 bridgehead atoms. The Kier molecular flexibility index (Phi) is 8.83. The molecule has 0 aliphatic carbocycles. The van der Waals surface area contributed by atoms with Gasteiger partial charge in [-0.15, -0.1) is 11.8 Å². The molecule has 1 rings (SSSR count). The molecule has 5 N–H and O–H groups in total. The predicted molar refractivity (Wildman–Crippen MR) is 98.6 cm³/mol. The molecule has 0 aliphatic rings. The first-order chi connectivity index (χ1) is 11.8. The van der Waals surface area contributed by atoms with Crippen LogP contribution in [0.3, 0.4) is 0 Å².